The van der Waals surface area contributed by atoms with Gasteiger partial charge in [-0.15, -0.1) is 0 Å². The second kappa shape index (κ2) is 12.2. The summed E-state index contributed by atoms with van der Waals surface area (Å²) in [6.45, 7) is 5.92. The van der Waals surface area contributed by atoms with Crippen molar-refractivity contribution in [2.45, 2.75) is 71.5 Å². The fraction of sp³-hybridized carbons (Fsp3) is 0.481. The standard InChI is InChI=1S/C27H35BrN2O4/c1-18-14-24(15-19(2)26(18)28)34-17-25(31)30(16-21-10-12-23(33-4)13-11-21)20(3)27(32)29-22-8-6-5-7-9-22/h10-15,20,22H,5-9,16-17H2,1-4H3,(H,29,32)/t20-/m1/s1. The van der Waals surface area contributed by atoms with Gasteiger partial charge < -0.3 is 19.7 Å². The lowest BCUT2D eigenvalue weighted by Crippen LogP contribution is -2.51. The van der Waals surface area contributed by atoms with Gasteiger partial charge in [-0.05, 0) is 74.6 Å². The zero-order chi connectivity index (χ0) is 24.7. The van der Waals surface area contributed by atoms with E-state index in [1.165, 1.54) is 6.42 Å². The average molecular weight is 531 g/mol. The summed E-state index contributed by atoms with van der Waals surface area (Å²) in [7, 11) is 1.62. The molecule has 0 saturated heterocycles. The Labute approximate surface area is 211 Å². The summed E-state index contributed by atoms with van der Waals surface area (Å²) in [4.78, 5) is 28.0. The lowest BCUT2D eigenvalue weighted by atomic mass is 9.95. The molecule has 184 valence electrons. The van der Waals surface area contributed by atoms with E-state index in [9.17, 15) is 9.59 Å². The topological polar surface area (TPSA) is 67.9 Å². The maximum absolute atomic E-state index is 13.3. The molecule has 1 atom stereocenters. The number of nitrogens with one attached hydrogen (secondary N) is 1. The maximum atomic E-state index is 13.3. The minimum Gasteiger partial charge on any atom is -0.497 e. The molecule has 1 N–H and O–H groups in total. The molecule has 34 heavy (non-hydrogen) atoms. The molecule has 0 spiro atoms. The number of ether oxygens (including phenoxy) is 2. The molecule has 0 bridgehead atoms. The van der Waals surface area contributed by atoms with Crippen LogP contribution in [0.3, 0.4) is 0 Å². The molecule has 2 aromatic carbocycles. The molecule has 1 fully saturated rings. The van der Waals surface area contributed by atoms with Gasteiger partial charge in [-0.3, -0.25) is 9.59 Å². The molecule has 2 aromatic rings. The van der Waals surface area contributed by atoms with E-state index < -0.39 is 6.04 Å². The number of methoxy groups -OCH3 is 1. The third-order valence-electron chi connectivity index (χ3n) is 6.40. The Morgan fingerprint density at radius 1 is 1.06 bits per heavy atom. The molecule has 1 saturated carbocycles. The molecule has 0 radical (unpaired) electrons. The number of aryl methyl sites for hydroxylation is 2. The van der Waals surface area contributed by atoms with E-state index >= 15 is 0 Å². The molecule has 1 aliphatic rings. The molecule has 0 heterocycles. The molecule has 2 amide bonds. The number of halogens is 1. The highest BCUT2D eigenvalue weighted by Gasteiger charge is 2.28. The molecule has 0 unspecified atom stereocenters. The van der Waals surface area contributed by atoms with E-state index in [0.29, 0.717) is 12.3 Å². The Morgan fingerprint density at radius 2 is 1.68 bits per heavy atom. The number of carbonyl (C=O) groups excluding carboxylic acids is 2. The highest BCUT2D eigenvalue weighted by Crippen LogP contribution is 2.26. The Hall–Kier alpha value is -2.54. The van der Waals surface area contributed by atoms with Crippen molar-refractivity contribution in [2.75, 3.05) is 13.7 Å². The van der Waals surface area contributed by atoms with Crippen LogP contribution < -0.4 is 14.8 Å². The summed E-state index contributed by atoms with van der Waals surface area (Å²) in [5, 5.41) is 3.15. The first-order valence-corrected chi connectivity index (χ1v) is 12.7. The van der Waals surface area contributed by atoms with Crippen LogP contribution in [0.1, 0.15) is 55.7 Å². The van der Waals surface area contributed by atoms with Crippen LogP contribution in [-0.4, -0.2) is 42.5 Å². The van der Waals surface area contributed by atoms with Crippen LogP contribution in [0.2, 0.25) is 0 Å². The largest absolute Gasteiger partial charge is 0.497 e. The van der Waals surface area contributed by atoms with Crippen molar-refractivity contribution in [1.82, 2.24) is 10.2 Å². The van der Waals surface area contributed by atoms with E-state index in [2.05, 4.69) is 21.2 Å². The fourth-order valence-corrected chi connectivity index (χ4v) is 4.53. The summed E-state index contributed by atoms with van der Waals surface area (Å²) in [5.74, 6) is 1.02. The van der Waals surface area contributed by atoms with Crippen LogP contribution in [0.5, 0.6) is 11.5 Å². The Balaban J connectivity index is 1.73. The van der Waals surface area contributed by atoms with Gasteiger partial charge >= 0.3 is 0 Å². The molecule has 1 aliphatic carbocycles. The SMILES string of the molecule is COc1ccc(CN(C(=O)COc2cc(C)c(Br)c(C)c2)[C@H](C)C(=O)NC2CCCCC2)cc1. The Bertz CT molecular complexity index is 964. The maximum Gasteiger partial charge on any atom is 0.261 e. The molecule has 0 aliphatic heterocycles. The first kappa shape index (κ1) is 26.1. The molecule has 3 rings (SSSR count). The summed E-state index contributed by atoms with van der Waals surface area (Å²) in [6.07, 6.45) is 5.48. The van der Waals surface area contributed by atoms with E-state index in [-0.39, 0.29) is 24.5 Å². The summed E-state index contributed by atoms with van der Waals surface area (Å²) < 4.78 is 12.1. The smallest absolute Gasteiger partial charge is 0.261 e. The summed E-state index contributed by atoms with van der Waals surface area (Å²) in [6, 6.07) is 10.9. The van der Waals surface area contributed by atoms with E-state index in [1.807, 2.05) is 50.2 Å². The molecular formula is C27H35BrN2O4. The van der Waals surface area contributed by atoms with Crippen LogP contribution in [0.4, 0.5) is 0 Å². The molecular weight excluding hydrogens is 496 g/mol. The second-order valence-electron chi connectivity index (χ2n) is 9.05. The van der Waals surface area contributed by atoms with Gasteiger partial charge in [0.25, 0.3) is 5.91 Å². The summed E-state index contributed by atoms with van der Waals surface area (Å²) in [5.41, 5.74) is 3.00. The lowest BCUT2D eigenvalue weighted by Gasteiger charge is -2.31. The van der Waals surface area contributed by atoms with Crippen molar-refractivity contribution < 1.29 is 19.1 Å². The second-order valence-corrected chi connectivity index (χ2v) is 9.84. The minimum atomic E-state index is -0.617. The third kappa shape index (κ3) is 6.98. The van der Waals surface area contributed by atoms with Crippen LogP contribution in [-0.2, 0) is 16.1 Å². The highest BCUT2D eigenvalue weighted by atomic mass is 79.9. The van der Waals surface area contributed by atoms with Crippen molar-refractivity contribution >= 4 is 27.7 Å². The van der Waals surface area contributed by atoms with Crippen LogP contribution >= 0.6 is 15.9 Å². The van der Waals surface area contributed by atoms with Gasteiger partial charge in [0, 0.05) is 17.1 Å². The number of carbonyl (C=O) groups is 2. The van der Waals surface area contributed by atoms with Gasteiger partial charge in [-0.25, -0.2) is 0 Å². The van der Waals surface area contributed by atoms with Gasteiger partial charge in [0.05, 0.1) is 7.11 Å². The van der Waals surface area contributed by atoms with E-state index in [4.69, 9.17) is 9.47 Å². The molecule has 7 heteroatoms. The van der Waals surface area contributed by atoms with Gasteiger partial charge in [-0.1, -0.05) is 47.3 Å². The number of hydrogen-bond acceptors (Lipinski definition) is 4. The van der Waals surface area contributed by atoms with E-state index in [1.54, 1.807) is 18.9 Å². The van der Waals surface area contributed by atoms with Crippen LogP contribution in [0, 0.1) is 13.8 Å². The number of rotatable bonds is 9. The Morgan fingerprint density at radius 3 is 2.26 bits per heavy atom. The number of amides is 2. The van der Waals surface area contributed by atoms with Gasteiger partial charge in [0.1, 0.15) is 17.5 Å². The zero-order valence-electron chi connectivity index (χ0n) is 20.5. The first-order valence-electron chi connectivity index (χ1n) is 11.9. The number of benzene rings is 2. The minimum absolute atomic E-state index is 0.121. The number of hydrogen-bond donors (Lipinski definition) is 1. The first-order chi connectivity index (χ1) is 16.3. The predicted octanol–water partition coefficient (Wildman–Crippen LogP) is 5.32. The van der Waals surface area contributed by atoms with E-state index in [0.717, 1.165) is 52.6 Å². The lowest BCUT2D eigenvalue weighted by molar-refractivity contribution is -0.142. The van der Waals surface area contributed by atoms with Gasteiger partial charge in [0.2, 0.25) is 5.91 Å². The molecule has 6 nitrogen and oxygen atoms in total. The van der Waals surface area contributed by atoms with Crippen molar-refractivity contribution in [3.63, 3.8) is 0 Å². The zero-order valence-corrected chi connectivity index (χ0v) is 22.1. The average Bonchev–Trinajstić information content (AvgIpc) is 2.84. The fourth-order valence-electron chi connectivity index (χ4n) is 4.30. The monoisotopic (exact) mass is 530 g/mol. The van der Waals surface area contributed by atoms with Gasteiger partial charge in [-0.2, -0.15) is 0 Å². The molecule has 0 aromatic heterocycles. The summed E-state index contributed by atoms with van der Waals surface area (Å²) >= 11 is 3.56. The van der Waals surface area contributed by atoms with Crippen LogP contribution in [0.25, 0.3) is 0 Å². The predicted molar refractivity (Wildman–Crippen MR) is 137 cm³/mol. The third-order valence-corrected chi connectivity index (χ3v) is 7.65. The van der Waals surface area contributed by atoms with Crippen molar-refractivity contribution in [3.8, 4) is 11.5 Å². The van der Waals surface area contributed by atoms with Crippen molar-refractivity contribution in [1.29, 1.82) is 0 Å². The Kier molecular flexibility index (Phi) is 9.39. The van der Waals surface area contributed by atoms with Crippen molar-refractivity contribution in [3.05, 3.63) is 57.6 Å². The van der Waals surface area contributed by atoms with Crippen molar-refractivity contribution in [2.24, 2.45) is 0 Å². The number of nitrogens with zero attached hydrogens (tertiary/aromatic N) is 1. The highest BCUT2D eigenvalue weighted by molar-refractivity contribution is 9.10. The quantitative estimate of drug-likeness (QED) is 0.476. The van der Waals surface area contributed by atoms with Gasteiger partial charge in [0.15, 0.2) is 6.61 Å². The van der Waals surface area contributed by atoms with Crippen LogP contribution in [0.15, 0.2) is 40.9 Å². The normalized spacial score (nSPS) is 14.9.